The molecule has 0 fully saturated rings. The van der Waals surface area contributed by atoms with Gasteiger partial charge in [-0.25, -0.2) is 0 Å². The standard InChI is InChI=1S/C58H58N4O11/c1-35(68-49(63)25-27-51(65)70-39-21-17-37-19-23-47-53(41(37)29-39)59-33-57(72-47)55(3,4)43-13-9-11-15-45(43)61(57)7)31-67-32-36(2)69-50(64)26-28-52(66)71-40-22-18-38-20-24-48-54(42(38)30-40)60-34-58(73-48)56(5,6)44-14-10-12-16-46(44)62(58)8/h9-24,29-30,33-36H,25-28,31-32H2,1-8H3. The van der Waals surface area contributed by atoms with E-state index in [0.717, 1.165) is 32.9 Å². The Balaban J connectivity index is 0.642. The van der Waals surface area contributed by atoms with Crippen molar-refractivity contribution in [1.29, 1.82) is 0 Å². The molecule has 0 aliphatic carbocycles. The summed E-state index contributed by atoms with van der Waals surface area (Å²) in [5, 5.41) is 3.31. The average Bonchev–Trinajstić information content (AvgIpc) is 3.63. The van der Waals surface area contributed by atoms with Crippen LogP contribution in [0.15, 0.2) is 119 Å². The normalized spacial score (nSPS) is 20.1. The molecule has 73 heavy (non-hydrogen) atoms. The molecule has 6 aromatic rings. The van der Waals surface area contributed by atoms with Crippen LogP contribution in [0.3, 0.4) is 0 Å². The zero-order chi connectivity index (χ0) is 51.5. The molecule has 0 aromatic heterocycles. The number of hydrogen-bond donors (Lipinski definition) is 0. The molecule has 15 nitrogen and oxygen atoms in total. The third kappa shape index (κ3) is 8.58. The van der Waals surface area contributed by atoms with Gasteiger partial charge in [-0.1, -0.05) is 60.7 Å². The molecule has 4 aliphatic heterocycles. The number of para-hydroxylation sites is 2. The van der Waals surface area contributed by atoms with Gasteiger partial charge in [0.15, 0.2) is 0 Å². The summed E-state index contributed by atoms with van der Waals surface area (Å²) in [5.41, 5.74) is 3.29. The first kappa shape index (κ1) is 48.8. The van der Waals surface area contributed by atoms with Gasteiger partial charge in [0.1, 0.15) is 46.6 Å². The van der Waals surface area contributed by atoms with Crippen LogP contribution in [0, 0.1) is 0 Å². The molecule has 4 heterocycles. The van der Waals surface area contributed by atoms with Crippen LogP contribution in [0.1, 0.15) is 78.4 Å². The van der Waals surface area contributed by atoms with Crippen LogP contribution in [-0.4, -0.2) is 87.3 Å². The lowest BCUT2D eigenvalue weighted by Gasteiger charge is -2.45. The molecule has 0 bridgehead atoms. The predicted molar refractivity (Wildman–Crippen MR) is 278 cm³/mol. The van der Waals surface area contributed by atoms with Gasteiger partial charge in [0, 0.05) is 36.2 Å². The summed E-state index contributed by atoms with van der Waals surface area (Å²) < 4.78 is 41.4. The van der Waals surface area contributed by atoms with Crippen LogP contribution in [0.25, 0.3) is 21.5 Å². The van der Waals surface area contributed by atoms with Crippen molar-refractivity contribution in [1.82, 2.24) is 0 Å². The smallest absolute Gasteiger partial charge is 0.311 e. The zero-order valence-electron chi connectivity index (χ0n) is 42.2. The number of carbonyl (C=O) groups is 4. The predicted octanol–water partition coefficient (Wildman–Crippen LogP) is 10.4. The second-order valence-corrected chi connectivity index (χ2v) is 20.2. The van der Waals surface area contributed by atoms with E-state index in [0.29, 0.717) is 34.4 Å². The zero-order valence-corrected chi connectivity index (χ0v) is 42.2. The van der Waals surface area contributed by atoms with Crippen molar-refractivity contribution in [2.24, 2.45) is 9.98 Å². The van der Waals surface area contributed by atoms with E-state index in [4.69, 9.17) is 43.1 Å². The Morgan fingerprint density at radius 2 is 0.918 bits per heavy atom. The maximum atomic E-state index is 12.9. The largest absolute Gasteiger partial charge is 0.460 e. The second kappa shape index (κ2) is 18.7. The number of hydrogen-bond acceptors (Lipinski definition) is 15. The number of rotatable bonds is 14. The Labute approximate surface area is 423 Å². The van der Waals surface area contributed by atoms with E-state index in [9.17, 15) is 19.2 Å². The maximum Gasteiger partial charge on any atom is 0.311 e. The fourth-order valence-electron chi connectivity index (χ4n) is 10.6. The minimum atomic E-state index is -0.837. The molecule has 376 valence electrons. The van der Waals surface area contributed by atoms with Gasteiger partial charge in [-0.3, -0.25) is 29.2 Å². The van der Waals surface area contributed by atoms with Gasteiger partial charge in [0.25, 0.3) is 0 Å². The Bertz CT molecular complexity index is 3060. The fourth-order valence-corrected chi connectivity index (χ4v) is 10.6. The molecule has 4 atom stereocenters. The first-order valence-corrected chi connectivity index (χ1v) is 24.6. The number of aliphatic imine (C=N–C) groups is 2. The molecule has 4 unspecified atom stereocenters. The monoisotopic (exact) mass is 986 g/mol. The molecular weight excluding hydrogens is 929 g/mol. The molecule has 0 radical (unpaired) electrons. The van der Waals surface area contributed by atoms with E-state index < -0.39 is 58.4 Å². The highest BCUT2D eigenvalue weighted by Crippen LogP contribution is 2.56. The van der Waals surface area contributed by atoms with E-state index in [2.05, 4.69) is 61.8 Å². The highest BCUT2D eigenvalue weighted by molar-refractivity contribution is 6.02. The van der Waals surface area contributed by atoms with E-state index >= 15 is 0 Å². The molecule has 0 saturated carbocycles. The summed E-state index contributed by atoms with van der Waals surface area (Å²) in [7, 11) is 4.02. The van der Waals surface area contributed by atoms with Crippen molar-refractivity contribution in [3.8, 4) is 23.0 Å². The Kier molecular flexibility index (Phi) is 12.5. The van der Waals surface area contributed by atoms with Crippen molar-refractivity contribution < 1.29 is 52.3 Å². The van der Waals surface area contributed by atoms with Crippen molar-refractivity contribution in [3.63, 3.8) is 0 Å². The van der Waals surface area contributed by atoms with Crippen molar-refractivity contribution in [2.75, 3.05) is 37.1 Å². The Hall–Kier alpha value is -7.78. The third-order valence-electron chi connectivity index (χ3n) is 14.7. The quantitative estimate of drug-likeness (QED) is 0.0749. The van der Waals surface area contributed by atoms with Gasteiger partial charge in [0.2, 0.25) is 11.4 Å². The Morgan fingerprint density at radius 1 is 0.534 bits per heavy atom. The average molecular weight is 987 g/mol. The summed E-state index contributed by atoms with van der Waals surface area (Å²) in [6, 6.07) is 34.8. The van der Waals surface area contributed by atoms with E-state index in [1.165, 1.54) is 11.1 Å². The molecule has 0 saturated heterocycles. The number of fused-ring (bicyclic) bond motifs is 8. The van der Waals surface area contributed by atoms with Crippen LogP contribution < -0.4 is 28.7 Å². The number of likely N-dealkylation sites (N-methyl/N-ethyl adjacent to an activating group) is 2. The number of esters is 4. The molecule has 2 spiro atoms. The van der Waals surface area contributed by atoms with Crippen LogP contribution in [0.4, 0.5) is 22.7 Å². The molecular formula is C58H58N4O11. The summed E-state index contributed by atoms with van der Waals surface area (Å²) in [4.78, 5) is 65.2. The van der Waals surface area contributed by atoms with Gasteiger partial charge < -0.3 is 43.0 Å². The van der Waals surface area contributed by atoms with Gasteiger partial charge in [-0.15, -0.1) is 0 Å². The maximum absolute atomic E-state index is 12.9. The topological polar surface area (TPSA) is 164 Å². The molecule has 4 aliphatic rings. The van der Waals surface area contributed by atoms with Crippen molar-refractivity contribution in [2.45, 2.75) is 102 Å². The first-order chi connectivity index (χ1) is 34.9. The summed E-state index contributed by atoms with van der Waals surface area (Å²) in [6.07, 6.45) is 1.62. The number of ether oxygens (including phenoxy) is 7. The van der Waals surface area contributed by atoms with Gasteiger partial charge >= 0.3 is 23.9 Å². The number of anilines is 2. The number of carbonyl (C=O) groups excluding carboxylic acids is 4. The van der Waals surface area contributed by atoms with Crippen molar-refractivity contribution in [3.05, 3.63) is 120 Å². The van der Waals surface area contributed by atoms with Crippen molar-refractivity contribution >= 4 is 80.6 Å². The number of nitrogens with zero attached hydrogens (tertiary/aromatic N) is 4. The molecule has 10 rings (SSSR count). The third-order valence-corrected chi connectivity index (χ3v) is 14.7. The summed E-state index contributed by atoms with van der Waals surface area (Å²) in [6.45, 7) is 12.0. The van der Waals surface area contributed by atoms with Gasteiger partial charge in [-0.05, 0) is 112 Å². The van der Waals surface area contributed by atoms with Crippen LogP contribution >= 0.6 is 0 Å². The lowest BCUT2D eigenvalue weighted by atomic mass is 9.77. The minimum absolute atomic E-state index is 0.0242. The fraction of sp³-hybridized carbons (Fsp3) is 0.345. The van der Waals surface area contributed by atoms with E-state index in [1.807, 2.05) is 87.2 Å². The highest BCUT2D eigenvalue weighted by atomic mass is 16.6. The summed E-state index contributed by atoms with van der Waals surface area (Å²) in [5.74, 6) is -0.538. The van der Waals surface area contributed by atoms with Gasteiger partial charge in [-0.2, -0.15) is 0 Å². The van der Waals surface area contributed by atoms with Crippen LogP contribution in [-0.2, 0) is 44.2 Å². The lowest BCUT2D eigenvalue weighted by molar-refractivity contribution is -0.156. The SMILES string of the molecule is CC(COCC(C)OC(=O)CCC(=O)Oc1ccc2ccc3c(c2c1)N=CC1(O3)N(C)c2ccccc2C1(C)C)OC(=O)CCC(=O)Oc1ccc2ccc3c(c2c1)N=CC1(O3)N(C)c2ccccc2C1(C)C. The highest BCUT2D eigenvalue weighted by Gasteiger charge is 2.60. The van der Waals surface area contributed by atoms with Gasteiger partial charge in [0.05, 0.1) is 62.2 Å². The minimum Gasteiger partial charge on any atom is -0.460 e. The lowest BCUT2D eigenvalue weighted by Crippen LogP contribution is -2.61. The first-order valence-electron chi connectivity index (χ1n) is 24.6. The van der Waals surface area contributed by atoms with Crippen LogP contribution in [0.5, 0.6) is 23.0 Å². The molecule has 0 N–H and O–H groups in total. The number of benzene rings is 6. The molecule has 6 aromatic carbocycles. The van der Waals surface area contributed by atoms with E-state index in [1.54, 1.807) is 38.1 Å². The van der Waals surface area contributed by atoms with E-state index in [-0.39, 0.29) is 38.9 Å². The summed E-state index contributed by atoms with van der Waals surface area (Å²) >= 11 is 0. The Morgan fingerprint density at radius 3 is 1.33 bits per heavy atom. The van der Waals surface area contributed by atoms with Crippen LogP contribution in [0.2, 0.25) is 0 Å². The molecule has 15 heteroatoms. The molecule has 0 amide bonds. The second-order valence-electron chi connectivity index (χ2n) is 20.2.